The summed E-state index contributed by atoms with van der Waals surface area (Å²) in [6.45, 7) is 2.11. The SMILES string of the molecule is C[C@@H]1Cc2ccccc2N1C(=O)CSc1nc2ccccc2n1C. The van der Waals surface area contributed by atoms with Crippen molar-refractivity contribution in [2.75, 3.05) is 10.7 Å². The number of aryl methyl sites for hydroxylation is 1. The van der Waals surface area contributed by atoms with Gasteiger partial charge in [0.2, 0.25) is 5.91 Å². The van der Waals surface area contributed by atoms with Crippen LogP contribution in [0.15, 0.2) is 53.7 Å². The molecule has 4 rings (SSSR count). The number of fused-ring (bicyclic) bond motifs is 2. The number of carbonyl (C=O) groups excluding carboxylic acids is 1. The van der Waals surface area contributed by atoms with E-state index in [1.165, 1.54) is 17.3 Å². The largest absolute Gasteiger partial charge is 0.322 e. The van der Waals surface area contributed by atoms with Gasteiger partial charge < -0.3 is 9.47 Å². The maximum atomic E-state index is 12.8. The molecule has 122 valence electrons. The summed E-state index contributed by atoms with van der Waals surface area (Å²) in [6.07, 6.45) is 0.929. The van der Waals surface area contributed by atoms with Crippen molar-refractivity contribution >= 4 is 34.4 Å². The van der Waals surface area contributed by atoms with Gasteiger partial charge in [0, 0.05) is 18.8 Å². The molecule has 1 aromatic heterocycles. The standard InChI is InChI=1S/C19H19N3OS/c1-13-11-14-7-3-5-9-16(14)22(13)18(23)12-24-19-20-15-8-4-6-10-17(15)21(19)2/h3-10,13H,11-12H2,1-2H3/t13-/m1/s1. The number of hydrogen-bond donors (Lipinski definition) is 0. The van der Waals surface area contributed by atoms with Crippen LogP contribution in [0.3, 0.4) is 0 Å². The second-order valence-corrected chi connectivity index (χ2v) is 7.12. The lowest BCUT2D eigenvalue weighted by molar-refractivity contribution is -0.116. The molecule has 0 N–H and O–H groups in total. The summed E-state index contributed by atoms with van der Waals surface area (Å²) in [5.41, 5.74) is 4.37. The van der Waals surface area contributed by atoms with Crippen molar-refractivity contribution in [2.45, 2.75) is 24.5 Å². The smallest absolute Gasteiger partial charge is 0.237 e. The third-order valence-corrected chi connectivity index (χ3v) is 5.56. The van der Waals surface area contributed by atoms with Crippen molar-refractivity contribution in [1.29, 1.82) is 0 Å². The Hall–Kier alpha value is -2.27. The van der Waals surface area contributed by atoms with Crippen LogP contribution in [0.2, 0.25) is 0 Å². The highest BCUT2D eigenvalue weighted by molar-refractivity contribution is 7.99. The van der Waals surface area contributed by atoms with Crippen LogP contribution in [-0.4, -0.2) is 27.3 Å². The van der Waals surface area contributed by atoms with Crippen molar-refractivity contribution < 1.29 is 4.79 Å². The normalized spacial score (nSPS) is 16.6. The molecular formula is C19H19N3OS. The van der Waals surface area contributed by atoms with Crippen LogP contribution in [0.5, 0.6) is 0 Å². The van der Waals surface area contributed by atoms with E-state index in [-0.39, 0.29) is 11.9 Å². The lowest BCUT2D eigenvalue weighted by Crippen LogP contribution is -2.37. The van der Waals surface area contributed by atoms with Crippen LogP contribution < -0.4 is 4.90 Å². The number of hydrogen-bond acceptors (Lipinski definition) is 3. The average Bonchev–Trinajstić information content (AvgIpc) is 3.09. The van der Waals surface area contributed by atoms with E-state index < -0.39 is 0 Å². The fraction of sp³-hybridized carbons (Fsp3) is 0.263. The number of imidazole rings is 1. The van der Waals surface area contributed by atoms with Gasteiger partial charge in [-0.2, -0.15) is 0 Å². The fourth-order valence-electron chi connectivity index (χ4n) is 3.39. The van der Waals surface area contributed by atoms with Crippen molar-refractivity contribution in [3.63, 3.8) is 0 Å². The van der Waals surface area contributed by atoms with Gasteiger partial charge in [-0.25, -0.2) is 4.98 Å². The van der Waals surface area contributed by atoms with Crippen LogP contribution in [0.4, 0.5) is 5.69 Å². The molecule has 1 atom stereocenters. The number of benzene rings is 2. The number of thioether (sulfide) groups is 1. The molecule has 0 bridgehead atoms. The van der Waals surface area contributed by atoms with E-state index in [9.17, 15) is 4.79 Å². The lowest BCUT2D eigenvalue weighted by atomic mass is 10.1. The van der Waals surface area contributed by atoms with Gasteiger partial charge in [-0.05, 0) is 37.1 Å². The van der Waals surface area contributed by atoms with Gasteiger partial charge in [-0.3, -0.25) is 4.79 Å². The molecule has 0 unspecified atom stereocenters. The summed E-state index contributed by atoms with van der Waals surface area (Å²) < 4.78 is 2.05. The van der Waals surface area contributed by atoms with Crippen LogP contribution in [0.25, 0.3) is 11.0 Å². The van der Waals surface area contributed by atoms with E-state index >= 15 is 0 Å². The molecule has 1 aliphatic heterocycles. The molecule has 5 heteroatoms. The zero-order chi connectivity index (χ0) is 16.7. The zero-order valence-electron chi connectivity index (χ0n) is 13.8. The first-order chi connectivity index (χ1) is 11.6. The Bertz CT molecular complexity index is 918. The van der Waals surface area contributed by atoms with Gasteiger partial charge in [0.15, 0.2) is 5.16 Å². The molecule has 0 spiro atoms. The van der Waals surface area contributed by atoms with E-state index in [2.05, 4.69) is 22.5 Å². The van der Waals surface area contributed by atoms with Crippen LogP contribution in [-0.2, 0) is 18.3 Å². The molecule has 1 amide bonds. The third-order valence-electron chi connectivity index (χ3n) is 4.55. The molecule has 3 aromatic rings. The van der Waals surface area contributed by atoms with Crippen molar-refractivity contribution in [3.05, 3.63) is 54.1 Å². The zero-order valence-corrected chi connectivity index (χ0v) is 14.6. The highest BCUT2D eigenvalue weighted by atomic mass is 32.2. The van der Waals surface area contributed by atoms with E-state index in [0.717, 1.165) is 28.3 Å². The van der Waals surface area contributed by atoms with Gasteiger partial charge >= 0.3 is 0 Å². The summed E-state index contributed by atoms with van der Waals surface area (Å²) in [4.78, 5) is 19.4. The van der Waals surface area contributed by atoms with Gasteiger partial charge in [0.25, 0.3) is 0 Å². The third kappa shape index (κ3) is 2.49. The van der Waals surface area contributed by atoms with E-state index in [1.807, 2.05) is 54.4 Å². The molecule has 2 aromatic carbocycles. The molecule has 1 aliphatic rings. The molecule has 0 saturated carbocycles. The molecule has 0 saturated heterocycles. The van der Waals surface area contributed by atoms with Crippen LogP contribution in [0, 0.1) is 0 Å². The van der Waals surface area contributed by atoms with Crippen LogP contribution >= 0.6 is 11.8 Å². The first-order valence-corrected chi connectivity index (χ1v) is 9.08. The molecule has 0 aliphatic carbocycles. The Morgan fingerprint density at radius 1 is 1.21 bits per heavy atom. The number of anilines is 1. The number of aromatic nitrogens is 2. The van der Waals surface area contributed by atoms with Gasteiger partial charge in [-0.1, -0.05) is 42.1 Å². The minimum Gasteiger partial charge on any atom is -0.322 e. The number of carbonyl (C=O) groups is 1. The summed E-state index contributed by atoms with van der Waals surface area (Å²) in [5.74, 6) is 0.542. The Morgan fingerprint density at radius 3 is 2.79 bits per heavy atom. The van der Waals surface area contributed by atoms with Gasteiger partial charge in [0.1, 0.15) is 0 Å². The molecular weight excluding hydrogens is 318 g/mol. The number of para-hydroxylation sites is 3. The summed E-state index contributed by atoms with van der Waals surface area (Å²) >= 11 is 1.51. The van der Waals surface area contributed by atoms with E-state index in [4.69, 9.17) is 0 Å². The minimum absolute atomic E-state index is 0.143. The highest BCUT2D eigenvalue weighted by Gasteiger charge is 2.30. The summed E-state index contributed by atoms with van der Waals surface area (Å²) in [7, 11) is 2.00. The molecule has 0 fully saturated rings. The van der Waals surface area contributed by atoms with Gasteiger partial charge in [0.05, 0.1) is 16.8 Å². The Labute approximate surface area is 145 Å². The van der Waals surface area contributed by atoms with Crippen molar-refractivity contribution in [2.24, 2.45) is 7.05 Å². The number of nitrogens with zero attached hydrogens (tertiary/aromatic N) is 3. The summed E-state index contributed by atoms with van der Waals surface area (Å²) in [5, 5.41) is 0.879. The van der Waals surface area contributed by atoms with Crippen molar-refractivity contribution in [1.82, 2.24) is 9.55 Å². The van der Waals surface area contributed by atoms with E-state index in [1.54, 1.807) is 0 Å². The minimum atomic E-state index is 0.143. The molecule has 2 heterocycles. The van der Waals surface area contributed by atoms with Crippen molar-refractivity contribution in [3.8, 4) is 0 Å². The number of rotatable bonds is 3. The fourth-order valence-corrected chi connectivity index (χ4v) is 4.24. The second-order valence-electron chi connectivity index (χ2n) is 6.18. The number of amides is 1. The second kappa shape index (κ2) is 5.98. The lowest BCUT2D eigenvalue weighted by Gasteiger charge is -2.22. The Kier molecular flexibility index (Phi) is 3.81. The molecule has 24 heavy (non-hydrogen) atoms. The average molecular weight is 337 g/mol. The first kappa shape index (κ1) is 15.3. The molecule has 0 radical (unpaired) electrons. The molecule has 4 nitrogen and oxygen atoms in total. The Balaban J connectivity index is 1.53. The topological polar surface area (TPSA) is 38.1 Å². The highest BCUT2D eigenvalue weighted by Crippen LogP contribution is 2.33. The summed E-state index contributed by atoms with van der Waals surface area (Å²) in [6, 6.07) is 16.4. The monoisotopic (exact) mass is 337 g/mol. The predicted molar refractivity (Wildman–Crippen MR) is 98.5 cm³/mol. The van der Waals surface area contributed by atoms with Gasteiger partial charge in [-0.15, -0.1) is 0 Å². The Morgan fingerprint density at radius 2 is 1.96 bits per heavy atom. The predicted octanol–water partition coefficient (Wildman–Crippen LogP) is 3.64. The van der Waals surface area contributed by atoms with E-state index in [0.29, 0.717) is 5.75 Å². The maximum Gasteiger partial charge on any atom is 0.237 e. The van der Waals surface area contributed by atoms with Crippen LogP contribution in [0.1, 0.15) is 12.5 Å². The maximum absolute atomic E-state index is 12.8. The first-order valence-electron chi connectivity index (χ1n) is 8.09. The quantitative estimate of drug-likeness (QED) is 0.685.